The van der Waals surface area contributed by atoms with Gasteiger partial charge >= 0.3 is 10.4 Å². The van der Waals surface area contributed by atoms with Crippen molar-refractivity contribution in [3.05, 3.63) is 0 Å². The first-order chi connectivity index (χ1) is 8.06. The molecule has 115 valence electrons. The molecule has 4 nitrogen and oxygen atoms in total. The average Bonchev–Trinajstić information content (AvgIpc) is 2.24. The Morgan fingerprint density at radius 3 is 1.61 bits per heavy atom. The van der Waals surface area contributed by atoms with E-state index in [4.69, 9.17) is 4.55 Å². The van der Waals surface area contributed by atoms with Gasteiger partial charge in [0.2, 0.25) is 0 Å². The van der Waals surface area contributed by atoms with Crippen LogP contribution in [0.1, 0.15) is 71.1 Å². The average molecular weight is 374 g/mol. The molecule has 6 heteroatoms. The van der Waals surface area contributed by atoms with E-state index in [1.807, 2.05) is 0 Å². The fraction of sp³-hybridized carbons (Fsp3) is 1.00. The Kier molecular flexibility index (Phi) is 16.3. The maximum Gasteiger partial charge on any atom is 0.397 e. The fourth-order valence-corrected chi connectivity index (χ4v) is 2.08. The van der Waals surface area contributed by atoms with Crippen LogP contribution in [0, 0.1) is 0 Å². The first-order valence-corrected chi connectivity index (χ1v) is 8.04. The van der Waals surface area contributed by atoms with Gasteiger partial charge in [0.25, 0.3) is 0 Å². The molecule has 1 radical (unpaired) electrons. The molecule has 18 heavy (non-hydrogen) atoms. The Hall–Kier alpha value is 0.610. The summed E-state index contributed by atoms with van der Waals surface area (Å²) >= 11 is 0. The number of hydrogen-bond donors (Lipinski definition) is 1. The minimum atomic E-state index is -4.23. The van der Waals surface area contributed by atoms with Gasteiger partial charge in [-0.05, 0) is 6.42 Å². The predicted octanol–water partition coefficient (Wildman–Crippen LogP) is 3.72. The van der Waals surface area contributed by atoms with Gasteiger partial charge in [0, 0.05) is 22.4 Å². The van der Waals surface area contributed by atoms with Crippen molar-refractivity contribution in [2.24, 2.45) is 0 Å². The third kappa shape index (κ3) is 19.0. The second-order valence-corrected chi connectivity index (χ2v) is 5.52. The summed E-state index contributed by atoms with van der Waals surface area (Å²) in [6, 6.07) is 0. The molecule has 0 aliphatic carbocycles. The van der Waals surface area contributed by atoms with Gasteiger partial charge in [0.1, 0.15) is 0 Å². The molecule has 0 aliphatic heterocycles. The normalized spacial score (nSPS) is 11.2. The molecule has 0 saturated carbocycles. The molecule has 1 N–H and O–H groups in total. The Bertz CT molecular complexity index is 255. The van der Waals surface area contributed by atoms with Crippen LogP contribution in [-0.4, -0.2) is 19.6 Å². The molecule has 0 rings (SSSR count). The van der Waals surface area contributed by atoms with Crippen LogP contribution >= 0.6 is 0 Å². The van der Waals surface area contributed by atoms with Gasteiger partial charge in [-0.3, -0.25) is 4.55 Å². The second kappa shape index (κ2) is 14.0. The van der Waals surface area contributed by atoms with Gasteiger partial charge in [-0.2, -0.15) is 8.42 Å². The number of rotatable bonds is 12. The van der Waals surface area contributed by atoms with E-state index >= 15 is 0 Å². The van der Waals surface area contributed by atoms with Gasteiger partial charge in [-0.1, -0.05) is 64.7 Å². The second-order valence-electron chi connectivity index (χ2n) is 4.43. The van der Waals surface area contributed by atoms with Crippen LogP contribution in [0.25, 0.3) is 0 Å². The van der Waals surface area contributed by atoms with Crippen LogP contribution in [0.2, 0.25) is 0 Å². The van der Waals surface area contributed by atoms with Crippen molar-refractivity contribution in [3.8, 4) is 0 Å². The first-order valence-electron chi connectivity index (χ1n) is 6.68. The smallest absolute Gasteiger partial charge is 0.264 e. The SMILES string of the molecule is CCCCCCCCCCCCOS(=O)(=O)O.[Ag]. The van der Waals surface area contributed by atoms with E-state index in [0.717, 1.165) is 12.8 Å². The molecule has 0 aromatic heterocycles. The molecule has 0 bridgehead atoms. The third-order valence-electron chi connectivity index (χ3n) is 2.73. The third-order valence-corrected chi connectivity index (χ3v) is 3.19. The zero-order valence-corrected chi connectivity index (χ0v) is 13.5. The summed E-state index contributed by atoms with van der Waals surface area (Å²) < 4.78 is 33.0. The monoisotopic (exact) mass is 373 g/mol. The molecule has 0 amide bonds. The minimum Gasteiger partial charge on any atom is -0.264 e. The van der Waals surface area contributed by atoms with Gasteiger partial charge in [-0.25, -0.2) is 4.18 Å². The Morgan fingerprint density at radius 2 is 1.22 bits per heavy atom. The van der Waals surface area contributed by atoms with Gasteiger partial charge in [0.05, 0.1) is 6.61 Å². The van der Waals surface area contributed by atoms with Crippen LogP contribution in [-0.2, 0) is 37.0 Å². The van der Waals surface area contributed by atoms with Crippen LogP contribution in [0.4, 0.5) is 0 Å². The van der Waals surface area contributed by atoms with E-state index < -0.39 is 10.4 Å². The molecular formula is C12H26AgO4S. The molecule has 0 saturated heterocycles. The van der Waals surface area contributed by atoms with Gasteiger partial charge in [0.15, 0.2) is 0 Å². The van der Waals surface area contributed by atoms with Crippen molar-refractivity contribution in [1.29, 1.82) is 0 Å². The Morgan fingerprint density at radius 1 is 0.833 bits per heavy atom. The van der Waals surface area contributed by atoms with Crippen LogP contribution in [0.3, 0.4) is 0 Å². The Labute approximate surface area is 127 Å². The van der Waals surface area contributed by atoms with Crippen molar-refractivity contribution in [2.75, 3.05) is 6.61 Å². The largest absolute Gasteiger partial charge is 0.397 e. The summed E-state index contributed by atoms with van der Waals surface area (Å²) in [4.78, 5) is 0. The number of hydrogen-bond acceptors (Lipinski definition) is 3. The number of unbranched alkanes of at least 4 members (excludes halogenated alkanes) is 9. The van der Waals surface area contributed by atoms with Gasteiger partial charge < -0.3 is 0 Å². The van der Waals surface area contributed by atoms with Crippen molar-refractivity contribution >= 4 is 10.4 Å². The molecule has 0 spiro atoms. The quantitative estimate of drug-likeness (QED) is 0.321. The molecule has 0 aromatic rings. The Balaban J connectivity index is 0. The molecule has 0 fully saturated rings. The van der Waals surface area contributed by atoms with Gasteiger partial charge in [-0.15, -0.1) is 0 Å². The van der Waals surface area contributed by atoms with E-state index in [-0.39, 0.29) is 29.0 Å². The van der Waals surface area contributed by atoms with E-state index in [0.29, 0.717) is 6.42 Å². The summed E-state index contributed by atoms with van der Waals surface area (Å²) in [6.07, 6.45) is 11.9. The summed E-state index contributed by atoms with van der Waals surface area (Å²) in [6.45, 7) is 2.31. The van der Waals surface area contributed by atoms with Crippen molar-refractivity contribution < 1.29 is 39.5 Å². The zero-order valence-electron chi connectivity index (χ0n) is 11.2. The zero-order chi connectivity index (χ0) is 13.0. The topological polar surface area (TPSA) is 63.6 Å². The van der Waals surface area contributed by atoms with Crippen molar-refractivity contribution in [3.63, 3.8) is 0 Å². The van der Waals surface area contributed by atoms with Crippen molar-refractivity contribution in [1.82, 2.24) is 0 Å². The van der Waals surface area contributed by atoms with Crippen LogP contribution in [0.5, 0.6) is 0 Å². The van der Waals surface area contributed by atoms with E-state index in [1.54, 1.807) is 0 Å². The summed E-state index contributed by atoms with van der Waals surface area (Å²) in [5, 5.41) is 0. The molecule has 0 atom stereocenters. The standard InChI is InChI=1S/C12H26O4S.Ag/c1-2-3-4-5-6-7-8-9-10-11-12-16-17(13,14)15;/h2-12H2,1H3,(H,13,14,15);. The fourth-order valence-electron chi connectivity index (χ4n) is 1.75. The molecule has 0 unspecified atom stereocenters. The summed E-state index contributed by atoms with van der Waals surface area (Å²) in [5.74, 6) is 0. The molecular weight excluding hydrogens is 348 g/mol. The van der Waals surface area contributed by atoms with E-state index in [9.17, 15) is 8.42 Å². The van der Waals surface area contributed by atoms with E-state index in [1.165, 1.54) is 44.9 Å². The minimum absolute atomic E-state index is 0. The predicted molar refractivity (Wildman–Crippen MR) is 69.3 cm³/mol. The van der Waals surface area contributed by atoms with Crippen LogP contribution < -0.4 is 0 Å². The van der Waals surface area contributed by atoms with Crippen molar-refractivity contribution in [2.45, 2.75) is 71.1 Å². The molecule has 0 heterocycles. The molecule has 0 aromatic carbocycles. The van der Waals surface area contributed by atoms with Crippen LogP contribution in [0.15, 0.2) is 0 Å². The van der Waals surface area contributed by atoms with E-state index in [2.05, 4.69) is 11.1 Å². The maximum absolute atomic E-state index is 10.2. The summed E-state index contributed by atoms with van der Waals surface area (Å²) in [5.41, 5.74) is 0. The summed E-state index contributed by atoms with van der Waals surface area (Å²) in [7, 11) is -4.23. The first kappa shape index (κ1) is 20.9. The molecule has 0 aliphatic rings. The maximum atomic E-state index is 10.2.